The number of ether oxygens (including phenoxy) is 1. The Labute approximate surface area is 177 Å². The summed E-state index contributed by atoms with van der Waals surface area (Å²) in [6.07, 6.45) is 6.20. The normalized spacial score (nSPS) is 23.6. The minimum Gasteiger partial charge on any atom is -0.493 e. The topological polar surface area (TPSA) is 79.0 Å². The van der Waals surface area contributed by atoms with E-state index in [4.69, 9.17) is 4.74 Å². The first-order valence-electron chi connectivity index (χ1n) is 11.1. The standard InChI is InChI=1S/C23H31N3O4/c1-17-8-3-4-10-19(17)30-16-18-9-7-13-25(14-18)20(27)15-26-21(28)23(24-22(26)29)11-5-2-6-12-23/h3-4,8,10,18H,2,5-7,9,11-16H2,1H3,(H,24,29). The van der Waals surface area contributed by atoms with Gasteiger partial charge in [0.2, 0.25) is 5.91 Å². The van der Waals surface area contributed by atoms with Gasteiger partial charge in [0.25, 0.3) is 5.91 Å². The molecule has 2 heterocycles. The van der Waals surface area contributed by atoms with Gasteiger partial charge in [-0.05, 0) is 44.2 Å². The summed E-state index contributed by atoms with van der Waals surface area (Å²) >= 11 is 0. The number of nitrogens with zero attached hydrogens (tertiary/aromatic N) is 2. The molecule has 1 aromatic carbocycles. The number of carbonyl (C=O) groups is 3. The molecule has 4 rings (SSSR count). The largest absolute Gasteiger partial charge is 0.493 e. The minimum atomic E-state index is -0.776. The summed E-state index contributed by atoms with van der Waals surface area (Å²) in [6.45, 7) is 3.66. The highest BCUT2D eigenvalue weighted by molar-refractivity contribution is 6.09. The summed E-state index contributed by atoms with van der Waals surface area (Å²) in [5, 5.41) is 2.88. The molecule has 3 fully saturated rings. The van der Waals surface area contributed by atoms with Crippen molar-refractivity contribution in [2.45, 2.75) is 57.4 Å². The zero-order valence-electron chi connectivity index (χ0n) is 17.7. The maximum Gasteiger partial charge on any atom is 0.325 e. The molecule has 1 N–H and O–H groups in total. The van der Waals surface area contributed by atoms with Gasteiger partial charge in [-0.3, -0.25) is 14.5 Å². The quantitative estimate of drug-likeness (QED) is 0.753. The van der Waals surface area contributed by atoms with Crippen molar-refractivity contribution in [3.05, 3.63) is 29.8 Å². The average Bonchev–Trinajstić information content (AvgIpc) is 2.97. The summed E-state index contributed by atoms with van der Waals surface area (Å²) in [5.41, 5.74) is 0.318. The average molecular weight is 414 g/mol. The number of benzene rings is 1. The fourth-order valence-electron chi connectivity index (χ4n) is 4.90. The van der Waals surface area contributed by atoms with Crippen molar-refractivity contribution in [2.75, 3.05) is 26.2 Å². The number of piperidine rings is 1. The Morgan fingerprint density at radius 2 is 1.93 bits per heavy atom. The molecule has 0 bridgehead atoms. The van der Waals surface area contributed by atoms with Crippen LogP contribution in [0.4, 0.5) is 4.79 Å². The van der Waals surface area contributed by atoms with Crippen LogP contribution in [0.25, 0.3) is 0 Å². The molecule has 1 atom stereocenters. The van der Waals surface area contributed by atoms with Crippen molar-refractivity contribution < 1.29 is 19.1 Å². The monoisotopic (exact) mass is 413 g/mol. The molecule has 4 amide bonds. The fraction of sp³-hybridized carbons (Fsp3) is 0.609. The second-order valence-corrected chi connectivity index (χ2v) is 8.89. The lowest BCUT2D eigenvalue weighted by Crippen LogP contribution is -2.50. The number of imide groups is 1. The predicted octanol–water partition coefficient (Wildman–Crippen LogP) is 2.87. The van der Waals surface area contributed by atoms with E-state index in [-0.39, 0.29) is 24.3 Å². The van der Waals surface area contributed by atoms with E-state index in [1.54, 1.807) is 4.90 Å². The van der Waals surface area contributed by atoms with Crippen LogP contribution >= 0.6 is 0 Å². The third kappa shape index (κ3) is 4.16. The van der Waals surface area contributed by atoms with Gasteiger partial charge in [-0.1, -0.05) is 37.5 Å². The van der Waals surface area contributed by atoms with E-state index in [1.807, 2.05) is 31.2 Å². The molecule has 1 aliphatic carbocycles. The SMILES string of the molecule is Cc1ccccc1OCC1CCCN(C(=O)CN2C(=O)NC3(CCCCC3)C2=O)C1. The number of para-hydroxylation sites is 1. The molecule has 2 saturated heterocycles. The van der Waals surface area contributed by atoms with Crippen LogP contribution in [0.2, 0.25) is 0 Å². The van der Waals surface area contributed by atoms with Crippen molar-refractivity contribution in [1.82, 2.24) is 15.1 Å². The summed E-state index contributed by atoms with van der Waals surface area (Å²) < 4.78 is 5.98. The molecule has 1 unspecified atom stereocenters. The number of rotatable bonds is 5. The maximum atomic E-state index is 12.9. The first kappa shape index (κ1) is 20.7. The Balaban J connectivity index is 1.32. The summed E-state index contributed by atoms with van der Waals surface area (Å²) in [6, 6.07) is 7.49. The number of likely N-dealkylation sites (tertiary alicyclic amines) is 1. The van der Waals surface area contributed by atoms with Crippen molar-refractivity contribution in [2.24, 2.45) is 5.92 Å². The molecule has 0 aromatic heterocycles. The van der Waals surface area contributed by atoms with Gasteiger partial charge in [0.15, 0.2) is 0 Å². The van der Waals surface area contributed by atoms with Crippen LogP contribution in [0.3, 0.4) is 0 Å². The Hall–Kier alpha value is -2.57. The zero-order valence-corrected chi connectivity index (χ0v) is 17.7. The number of nitrogens with one attached hydrogen (secondary N) is 1. The number of carbonyl (C=O) groups excluding carboxylic acids is 3. The minimum absolute atomic E-state index is 0.160. The van der Waals surface area contributed by atoms with Crippen LogP contribution in [-0.4, -0.2) is 59.4 Å². The van der Waals surface area contributed by atoms with Crippen LogP contribution in [-0.2, 0) is 9.59 Å². The Morgan fingerprint density at radius 3 is 2.70 bits per heavy atom. The zero-order chi connectivity index (χ0) is 21.1. The molecule has 1 saturated carbocycles. The number of hydrogen-bond donors (Lipinski definition) is 1. The molecule has 7 nitrogen and oxygen atoms in total. The van der Waals surface area contributed by atoms with Crippen molar-refractivity contribution in [3.63, 3.8) is 0 Å². The van der Waals surface area contributed by atoms with Gasteiger partial charge in [0.1, 0.15) is 17.8 Å². The first-order chi connectivity index (χ1) is 14.5. The molecule has 162 valence electrons. The van der Waals surface area contributed by atoms with E-state index in [2.05, 4.69) is 5.32 Å². The molecule has 1 spiro atoms. The third-order valence-electron chi connectivity index (χ3n) is 6.69. The highest BCUT2D eigenvalue weighted by atomic mass is 16.5. The molecule has 1 aromatic rings. The molecule has 2 aliphatic heterocycles. The van der Waals surface area contributed by atoms with E-state index in [0.29, 0.717) is 32.5 Å². The van der Waals surface area contributed by atoms with Crippen LogP contribution in [0.15, 0.2) is 24.3 Å². The Bertz CT molecular complexity index is 818. The van der Waals surface area contributed by atoms with E-state index >= 15 is 0 Å². The maximum absolute atomic E-state index is 12.9. The van der Waals surface area contributed by atoms with Gasteiger partial charge in [-0.2, -0.15) is 0 Å². The van der Waals surface area contributed by atoms with Crippen LogP contribution in [0, 0.1) is 12.8 Å². The molecule has 7 heteroatoms. The number of aryl methyl sites for hydroxylation is 1. The second-order valence-electron chi connectivity index (χ2n) is 8.89. The predicted molar refractivity (Wildman–Crippen MR) is 112 cm³/mol. The molecule has 0 radical (unpaired) electrons. The van der Waals surface area contributed by atoms with Crippen LogP contribution < -0.4 is 10.1 Å². The summed E-state index contributed by atoms with van der Waals surface area (Å²) in [4.78, 5) is 41.2. The van der Waals surface area contributed by atoms with Gasteiger partial charge < -0.3 is 15.0 Å². The first-order valence-corrected chi connectivity index (χ1v) is 11.1. The third-order valence-corrected chi connectivity index (χ3v) is 6.69. The molecular formula is C23H31N3O4. The lowest BCUT2D eigenvalue weighted by molar-refractivity contribution is -0.140. The fourth-order valence-corrected chi connectivity index (χ4v) is 4.90. The highest BCUT2D eigenvalue weighted by Gasteiger charge is 2.51. The van der Waals surface area contributed by atoms with Gasteiger partial charge in [0, 0.05) is 19.0 Å². The van der Waals surface area contributed by atoms with Gasteiger partial charge in [-0.15, -0.1) is 0 Å². The Morgan fingerprint density at radius 1 is 1.17 bits per heavy atom. The lowest BCUT2D eigenvalue weighted by atomic mass is 9.82. The summed E-state index contributed by atoms with van der Waals surface area (Å²) in [7, 11) is 0. The van der Waals surface area contributed by atoms with E-state index in [1.165, 1.54) is 0 Å². The number of urea groups is 1. The highest BCUT2D eigenvalue weighted by Crippen LogP contribution is 2.33. The molecular weight excluding hydrogens is 382 g/mol. The van der Waals surface area contributed by atoms with Crippen molar-refractivity contribution in [3.8, 4) is 5.75 Å². The molecule has 3 aliphatic rings. The number of amides is 4. The smallest absolute Gasteiger partial charge is 0.325 e. The second kappa shape index (κ2) is 8.66. The van der Waals surface area contributed by atoms with E-state index in [0.717, 1.165) is 48.3 Å². The van der Waals surface area contributed by atoms with E-state index in [9.17, 15) is 14.4 Å². The van der Waals surface area contributed by atoms with E-state index < -0.39 is 11.6 Å². The van der Waals surface area contributed by atoms with Gasteiger partial charge in [0.05, 0.1) is 6.61 Å². The number of hydrogen-bond acceptors (Lipinski definition) is 4. The van der Waals surface area contributed by atoms with Crippen molar-refractivity contribution >= 4 is 17.8 Å². The van der Waals surface area contributed by atoms with Gasteiger partial charge >= 0.3 is 6.03 Å². The van der Waals surface area contributed by atoms with Crippen LogP contribution in [0.1, 0.15) is 50.5 Å². The van der Waals surface area contributed by atoms with Crippen molar-refractivity contribution in [1.29, 1.82) is 0 Å². The lowest BCUT2D eigenvalue weighted by Gasteiger charge is -2.34. The van der Waals surface area contributed by atoms with Crippen LogP contribution in [0.5, 0.6) is 5.75 Å². The molecule has 30 heavy (non-hydrogen) atoms. The Kier molecular flexibility index (Phi) is 5.97. The summed E-state index contributed by atoms with van der Waals surface area (Å²) in [5.74, 6) is 0.733. The van der Waals surface area contributed by atoms with Gasteiger partial charge in [-0.25, -0.2) is 4.79 Å².